The Morgan fingerprint density at radius 3 is 2.58 bits per heavy atom. The largest absolute Gasteiger partial charge is 0.390 e. The minimum Gasteiger partial charge on any atom is -0.390 e. The highest BCUT2D eigenvalue weighted by molar-refractivity contribution is 8.25. The molecule has 170 valence electrons. The summed E-state index contributed by atoms with van der Waals surface area (Å²) in [5.74, 6) is -0.0351. The number of benzene rings is 2. The van der Waals surface area contributed by atoms with Gasteiger partial charge in [-0.15, -0.1) is 10.8 Å². The number of anilines is 2. The third-order valence-corrected chi connectivity index (χ3v) is 7.24. The van der Waals surface area contributed by atoms with Crippen LogP contribution in [0, 0.1) is 0 Å². The minimum atomic E-state index is -2.88. The Morgan fingerprint density at radius 2 is 1.97 bits per heavy atom. The molecule has 2 aromatic carbocycles. The Balaban J connectivity index is 1.86. The number of hydrogen-bond donors (Lipinski definition) is 6. The van der Waals surface area contributed by atoms with Gasteiger partial charge in [-0.1, -0.05) is 30.3 Å². The molecule has 8 nitrogen and oxygen atoms in total. The van der Waals surface area contributed by atoms with Crippen molar-refractivity contribution in [1.82, 2.24) is 5.32 Å². The van der Waals surface area contributed by atoms with Crippen molar-refractivity contribution in [2.75, 3.05) is 35.0 Å². The summed E-state index contributed by atoms with van der Waals surface area (Å²) < 4.78 is 22.3. The number of aliphatic hydroxyl groups excluding tert-OH is 1. The standard InChI is InChI=1S/C22H32N4O4S/c1-2-24-18-12-17(13-19(14-18)26-9-6-10-31(26,29)30)22(28)25-20(21(27)15-23)11-16-7-4-3-5-8-16/h3-5,7-8,12-14,20-21,24,27,29-30H,2,6,9-11,15,23H2,1H3,(H,25,28)/t20-,21+/m0/s1. The third-order valence-electron chi connectivity index (χ3n) is 5.30. The fraction of sp³-hybridized carbons (Fsp3) is 0.409. The predicted octanol–water partition coefficient (Wildman–Crippen LogP) is 2.65. The molecule has 0 spiro atoms. The second-order valence-corrected chi connectivity index (χ2v) is 9.78. The number of nitrogens with zero attached hydrogens (tertiary/aromatic N) is 1. The number of nitrogens with two attached hydrogens (primary N) is 1. The van der Waals surface area contributed by atoms with E-state index in [0.717, 1.165) is 5.56 Å². The molecule has 1 aliphatic rings. The summed E-state index contributed by atoms with van der Waals surface area (Å²) in [4.78, 5) is 13.1. The highest BCUT2D eigenvalue weighted by atomic mass is 32.3. The minimum absolute atomic E-state index is 0.0230. The number of nitrogens with one attached hydrogen (secondary N) is 2. The smallest absolute Gasteiger partial charge is 0.251 e. The van der Waals surface area contributed by atoms with Gasteiger partial charge < -0.3 is 21.5 Å². The average molecular weight is 449 g/mol. The summed E-state index contributed by atoms with van der Waals surface area (Å²) in [5, 5.41) is 16.5. The van der Waals surface area contributed by atoms with Crippen LogP contribution in [0.25, 0.3) is 0 Å². The summed E-state index contributed by atoms with van der Waals surface area (Å²) >= 11 is 0. The molecule has 0 radical (unpaired) electrons. The highest BCUT2D eigenvalue weighted by Gasteiger charge is 2.30. The van der Waals surface area contributed by atoms with E-state index in [-0.39, 0.29) is 12.5 Å². The van der Waals surface area contributed by atoms with Gasteiger partial charge in [-0.25, -0.2) is 0 Å². The average Bonchev–Trinajstić information content (AvgIpc) is 3.12. The van der Waals surface area contributed by atoms with Gasteiger partial charge in [-0.05, 0) is 43.5 Å². The van der Waals surface area contributed by atoms with E-state index in [9.17, 15) is 19.0 Å². The van der Waals surface area contributed by atoms with Gasteiger partial charge in [0.05, 0.1) is 23.6 Å². The molecule has 0 aliphatic carbocycles. The van der Waals surface area contributed by atoms with Gasteiger partial charge in [-0.3, -0.25) is 18.2 Å². The van der Waals surface area contributed by atoms with Crippen LogP contribution < -0.4 is 20.7 Å². The first-order valence-electron chi connectivity index (χ1n) is 10.5. The van der Waals surface area contributed by atoms with Gasteiger partial charge in [0, 0.05) is 30.9 Å². The zero-order valence-corrected chi connectivity index (χ0v) is 18.5. The molecule has 1 heterocycles. The number of carbonyl (C=O) groups excluding carboxylic acids is 1. The van der Waals surface area contributed by atoms with E-state index < -0.39 is 22.9 Å². The summed E-state index contributed by atoms with van der Waals surface area (Å²) in [7, 11) is -2.88. The zero-order chi connectivity index (χ0) is 22.4. The van der Waals surface area contributed by atoms with Crippen LogP contribution in [0.5, 0.6) is 0 Å². The molecule has 31 heavy (non-hydrogen) atoms. The van der Waals surface area contributed by atoms with Crippen molar-refractivity contribution < 1.29 is 19.0 Å². The summed E-state index contributed by atoms with van der Waals surface area (Å²) in [6.07, 6.45) is 0.222. The molecule has 1 saturated heterocycles. The second kappa shape index (κ2) is 10.3. The van der Waals surface area contributed by atoms with Gasteiger partial charge in [0.1, 0.15) is 0 Å². The molecule has 1 aliphatic heterocycles. The number of hydrogen-bond acceptors (Lipinski definition) is 7. The lowest BCUT2D eigenvalue weighted by molar-refractivity contribution is 0.0846. The van der Waals surface area contributed by atoms with Crippen LogP contribution in [0.3, 0.4) is 0 Å². The molecule has 3 rings (SSSR count). The van der Waals surface area contributed by atoms with Crippen molar-refractivity contribution in [3.8, 4) is 0 Å². The fourth-order valence-corrected chi connectivity index (χ4v) is 5.32. The van der Waals surface area contributed by atoms with Crippen molar-refractivity contribution in [3.05, 3.63) is 59.7 Å². The number of amides is 1. The van der Waals surface area contributed by atoms with Gasteiger partial charge >= 0.3 is 0 Å². The quantitative estimate of drug-likeness (QED) is 0.348. The Morgan fingerprint density at radius 1 is 1.23 bits per heavy atom. The Labute approximate surface area is 184 Å². The lowest BCUT2D eigenvalue weighted by Crippen LogP contribution is -2.47. The lowest BCUT2D eigenvalue weighted by Gasteiger charge is -2.38. The predicted molar refractivity (Wildman–Crippen MR) is 127 cm³/mol. The number of aliphatic hydroxyl groups is 1. The molecular formula is C22H32N4O4S. The first-order valence-corrected chi connectivity index (χ1v) is 12.2. The molecule has 0 unspecified atom stereocenters. The molecule has 0 bridgehead atoms. The van der Waals surface area contributed by atoms with E-state index in [0.29, 0.717) is 48.6 Å². The molecule has 1 fully saturated rings. The lowest BCUT2D eigenvalue weighted by atomic mass is 10.0. The maximum atomic E-state index is 13.1. The van der Waals surface area contributed by atoms with Gasteiger partial charge in [0.15, 0.2) is 0 Å². The molecular weight excluding hydrogens is 416 g/mol. The molecule has 2 aromatic rings. The summed E-state index contributed by atoms with van der Waals surface area (Å²) in [6, 6.07) is 14.2. The second-order valence-electron chi connectivity index (χ2n) is 7.66. The van der Waals surface area contributed by atoms with Crippen LogP contribution in [0.2, 0.25) is 0 Å². The molecule has 9 heteroatoms. The van der Waals surface area contributed by atoms with E-state index in [1.54, 1.807) is 16.4 Å². The van der Waals surface area contributed by atoms with Crippen molar-refractivity contribution in [3.63, 3.8) is 0 Å². The van der Waals surface area contributed by atoms with Crippen molar-refractivity contribution >= 4 is 28.1 Å². The normalized spacial score (nSPS) is 18.3. The molecule has 0 aromatic heterocycles. The van der Waals surface area contributed by atoms with E-state index in [2.05, 4.69) is 10.6 Å². The molecule has 1 amide bonds. The van der Waals surface area contributed by atoms with Crippen LogP contribution >= 0.6 is 10.8 Å². The number of carbonyl (C=O) groups is 1. The van der Waals surface area contributed by atoms with Crippen molar-refractivity contribution in [2.45, 2.75) is 31.9 Å². The fourth-order valence-electron chi connectivity index (χ4n) is 3.72. The van der Waals surface area contributed by atoms with Crippen LogP contribution in [-0.4, -0.2) is 57.7 Å². The van der Waals surface area contributed by atoms with E-state index in [1.165, 1.54) is 0 Å². The van der Waals surface area contributed by atoms with Crippen molar-refractivity contribution in [2.24, 2.45) is 5.73 Å². The summed E-state index contributed by atoms with van der Waals surface area (Å²) in [5.41, 5.74) is 8.32. The first-order chi connectivity index (χ1) is 14.8. The Bertz CT molecular complexity index is 881. The van der Waals surface area contributed by atoms with Crippen LogP contribution in [-0.2, 0) is 6.42 Å². The maximum Gasteiger partial charge on any atom is 0.251 e. The third kappa shape index (κ3) is 5.90. The first kappa shape index (κ1) is 23.4. The molecule has 2 atom stereocenters. The SMILES string of the molecule is CCNc1cc(C(=O)N[C@@H](Cc2ccccc2)[C@H](O)CN)cc(N2CCCS2(O)O)c1. The topological polar surface area (TPSA) is 131 Å². The van der Waals surface area contributed by atoms with Gasteiger partial charge in [0.2, 0.25) is 0 Å². The monoisotopic (exact) mass is 448 g/mol. The van der Waals surface area contributed by atoms with E-state index in [1.807, 2.05) is 43.3 Å². The van der Waals surface area contributed by atoms with Gasteiger partial charge in [-0.2, -0.15) is 0 Å². The van der Waals surface area contributed by atoms with E-state index >= 15 is 0 Å². The molecule has 7 N–H and O–H groups in total. The molecule has 0 saturated carbocycles. The van der Waals surface area contributed by atoms with Crippen LogP contribution in [0.4, 0.5) is 11.4 Å². The summed E-state index contributed by atoms with van der Waals surface area (Å²) in [6.45, 7) is 3.14. The van der Waals surface area contributed by atoms with E-state index in [4.69, 9.17) is 5.73 Å². The van der Waals surface area contributed by atoms with Crippen LogP contribution in [0.15, 0.2) is 48.5 Å². The van der Waals surface area contributed by atoms with Crippen molar-refractivity contribution in [1.29, 1.82) is 0 Å². The highest BCUT2D eigenvalue weighted by Crippen LogP contribution is 2.51. The zero-order valence-electron chi connectivity index (χ0n) is 17.7. The Kier molecular flexibility index (Phi) is 7.79. The Hall–Kier alpha value is -2.30. The maximum absolute atomic E-state index is 13.1. The number of rotatable bonds is 9. The van der Waals surface area contributed by atoms with Gasteiger partial charge in [0.25, 0.3) is 5.91 Å². The van der Waals surface area contributed by atoms with Crippen LogP contribution in [0.1, 0.15) is 29.3 Å².